The van der Waals surface area contributed by atoms with Crippen LogP contribution in [0.1, 0.15) is 66.3 Å². The number of nitrogens with one attached hydrogen (secondary N) is 2. The highest BCUT2D eigenvalue weighted by atomic mass is 16.2. The molecule has 2 unspecified atom stereocenters. The number of carbonyl (C=O) groups is 2. The lowest BCUT2D eigenvalue weighted by Gasteiger charge is -2.30. The SMILES string of the molecule is CCNC(=O)[C@@H]1C2CCC(C2)[C@@H]1NC(=O)c1nn(Cc2ccccc2)c2c1CCCC2. The topological polar surface area (TPSA) is 76.0 Å². The van der Waals surface area contributed by atoms with Crippen LogP contribution in [0.4, 0.5) is 0 Å². The van der Waals surface area contributed by atoms with Gasteiger partial charge in [-0.3, -0.25) is 14.3 Å². The number of fused-ring (bicyclic) bond motifs is 3. The molecule has 31 heavy (non-hydrogen) atoms. The molecule has 2 fully saturated rings. The van der Waals surface area contributed by atoms with E-state index in [4.69, 9.17) is 5.10 Å². The first kappa shape index (κ1) is 20.3. The molecule has 2 N–H and O–H groups in total. The molecule has 0 aliphatic heterocycles. The van der Waals surface area contributed by atoms with Crippen molar-refractivity contribution in [2.24, 2.45) is 17.8 Å². The quantitative estimate of drug-likeness (QED) is 0.754. The van der Waals surface area contributed by atoms with E-state index in [1.165, 1.54) is 11.3 Å². The first-order chi connectivity index (χ1) is 15.2. The Morgan fingerprint density at radius 2 is 1.87 bits per heavy atom. The fraction of sp³-hybridized carbons (Fsp3) is 0.560. The van der Waals surface area contributed by atoms with Crippen molar-refractivity contribution >= 4 is 11.8 Å². The molecular weight excluding hydrogens is 388 g/mol. The lowest BCUT2D eigenvalue weighted by Crippen LogP contribution is -2.50. The third-order valence-corrected chi connectivity index (χ3v) is 7.51. The van der Waals surface area contributed by atoms with Gasteiger partial charge < -0.3 is 10.6 Å². The number of carbonyl (C=O) groups excluding carboxylic acids is 2. The van der Waals surface area contributed by atoms with Gasteiger partial charge in [0, 0.05) is 23.8 Å². The van der Waals surface area contributed by atoms with E-state index in [9.17, 15) is 9.59 Å². The van der Waals surface area contributed by atoms with Crippen LogP contribution in [0.2, 0.25) is 0 Å². The van der Waals surface area contributed by atoms with Gasteiger partial charge in [0.15, 0.2) is 5.69 Å². The smallest absolute Gasteiger partial charge is 0.272 e. The summed E-state index contributed by atoms with van der Waals surface area (Å²) < 4.78 is 2.03. The third kappa shape index (κ3) is 3.77. The van der Waals surface area contributed by atoms with Crippen molar-refractivity contribution in [2.45, 2.75) is 64.5 Å². The Morgan fingerprint density at radius 3 is 2.68 bits per heavy atom. The van der Waals surface area contributed by atoms with Crippen LogP contribution in [0.15, 0.2) is 30.3 Å². The number of benzene rings is 1. The van der Waals surface area contributed by atoms with E-state index in [0.29, 0.717) is 30.6 Å². The van der Waals surface area contributed by atoms with E-state index in [0.717, 1.165) is 50.5 Å². The number of amides is 2. The zero-order valence-electron chi connectivity index (χ0n) is 18.3. The van der Waals surface area contributed by atoms with Crippen molar-refractivity contribution in [3.63, 3.8) is 0 Å². The Hall–Kier alpha value is -2.63. The average Bonchev–Trinajstić information content (AvgIpc) is 3.48. The van der Waals surface area contributed by atoms with E-state index in [1.807, 2.05) is 29.8 Å². The number of nitrogens with zero attached hydrogens (tertiary/aromatic N) is 2. The van der Waals surface area contributed by atoms with Crippen LogP contribution in [-0.2, 0) is 24.2 Å². The molecule has 3 aliphatic carbocycles. The van der Waals surface area contributed by atoms with E-state index in [1.54, 1.807) is 0 Å². The Morgan fingerprint density at radius 1 is 1.10 bits per heavy atom. The summed E-state index contributed by atoms with van der Waals surface area (Å²) in [6, 6.07) is 10.2. The monoisotopic (exact) mass is 420 g/mol. The summed E-state index contributed by atoms with van der Waals surface area (Å²) >= 11 is 0. The van der Waals surface area contributed by atoms with E-state index in [-0.39, 0.29) is 23.8 Å². The molecule has 164 valence electrons. The predicted molar refractivity (Wildman–Crippen MR) is 119 cm³/mol. The molecule has 0 radical (unpaired) electrons. The molecule has 2 bridgehead atoms. The second kappa shape index (κ2) is 8.48. The minimum absolute atomic E-state index is 0.0729. The number of hydrogen-bond acceptors (Lipinski definition) is 3. The van der Waals surface area contributed by atoms with Gasteiger partial charge in [0.2, 0.25) is 5.91 Å². The van der Waals surface area contributed by atoms with Crippen LogP contribution in [0.3, 0.4) is 0 Å². The summed E-state index contributed by atoms with van der Waals surface area (Å²) in [5.41, 5.74) is 4.07. The molecule has 2 amide bonds. The summed E-state index contributed by atoms with van der Waals surface area (Å²) in [6.07, 6.45) is 7.36. The maximum absolute atomic E-state index is 13.4. The number of rotatable bonds is 6. The molecule has 6 nitrogen and oxygen atoms in total. The normalized spacial score (nSPS) is 26.5. The summed E-state index contributed by atoms with van der Waals surface area (Å²) in [5, 5.41) is 11.1. The fourth-order valence-electron chi connectivity index (χ4n) is 6.13. The molecule has 1 heterocycles. The lowest BCUT2D eigenvalue weighted by molar-refractivity contribution is -0.127. The van der Waals surface area contributed by atoms with Crippen LogP contribution in [0.5, 0.6) is 0 Å². The summed E-state index contributed by atoms with van der Waals surface area (Å²) in [5.74, 6) is 0.688. The van der Waals surface area contributed by atoms with Crippen molar-refractivity contribution < 1.29 is 9.59 Å². The van der Waals surface area contributed by atoms with Gasteiger partial charge in [0.1, 0.15) is 0 Å². The van der Waals surface area contributed by atoms with Gasteiger partial charge >= 0.3 is 0 Å². The van der Waals surface area contributed by atoms with Crippen molar-refractivity contribution in [2.75, 3.05) is 6.54 Å². The Labute approximate surface area is 183 Å². The molecule has 0 spiro atoms. The highest BCUT2D eigenvalue weighted by molar-refractivity contribution is 5.95. The highest BCUT2D eigenvalue weighted by Gasteiger charge is 2.51. The van der Waals surface area contributed by atoms with E-state index in [2.05, 4.69) is 22.8 Å². The van der Waals surface area contributed by atoms with Gasteiger partial charge in [-0.1, -0.05) is 30.3 Å². The largest absolute Gasteiger partial charge is 0.356 e. The Balaban J connectivity index is 1.39. The number of hydrogen-bond donors (Lipinski definition) is 2. The first-order valence-electron chi connectivity index (χ1n) is 11.9. The molecule has 3 aliphatic rings. The average molecular weight is 421 g/mol. The highest BCUT2D eigenvalue weighted by Crippen LogP contribution is 2.48. The minimum Gasteiger partial charge on any atom is -0.356 e. The van der Waals surface area contributed by atoms with Crippen LogP contribution >= 0.6 is 0 Å². The molecule has 2 aromatic rings. The Kier molecular flexibility index (Phi) is 5.55. The maximum atomic E-state index is 13.4. The summed E-state index contributed by atoms with van der Waals surface area (Å²) in [7, 11) is 0. The third-order valence-electron chi connectivity index (χ3n) is 7.51. The van der Waals surface area contributed by atoms with Crippen LogP contribution in [0.25, 0.3) is 0 Å². The zero-order chi connectivity index (χ0) is 21.4. The molecule has 5 rings (SSSR count). The van der Waals surface area contributed by atoms with Gasteiger partial charge in [-0.2, -0.15) is 5.10 Å². The molecule has 0 saturated heterocycles. The van der Waals surface area contributed by atoms with Gasteiger partial charge in [-0.25, -0.2) is 0 Å². The second-order valence-corrected chi connectivity index (χ2v) is 9.38. The van der Waals surface area contributed by atoms with Crippen molar-refractivity contribution in [1.29, 1.82) is 0 Å². The minimum atomic E-state index is -0.107. The van der Waals surface area contributed by atoms with Crippen LogP contribution in [0, 0.1) is 17.8 Å². The lowest BCUT2D eigenvalue weighted by atomic mass is 9.83. The molecule has 6 heteroatoms. The molecule has 1 aromatic heterocycles. The Bertz CT molecular complexity index is 967. The van der Waals surface area contributed by atoms with Gasteiger partial charge in [-0.05, 0) is 69.3 Å². The summed E-state index contributed by atoms with van der Waals surface area (Å²) in [4.78, 5) is 26.1. The van der Waals surface area contributed by atoms with Crippen molar-refractivity contribution in [3.05, 3.63) is 52.8 Å². The van der Waals surface area contributed by atoms with E-state index >= 15 is 0 Å². The zero-order valence-corrected chi connectivity index (χ0v) is 18.3. The summed E-state index contributed by atoms with van der Waals surface area (Å²) in [6.45, 7) is 3.27. The standard InChI is InChI=1S/C25H32N4O2/c1-2-26-24(30)21-17-12-13-18(14-17)22(21)27-25(31)23-19-10-6-7-11-20(19)29(28-23)15-16-8-4-3-5-9-16/h3-5,8-9,17-18,21-22H,2,6-7,10-15H2,1H3,(H,26,30)(H,27,31)/t17?,18?,21-,22+/m1/s1. The van der Waals surface area contributed by atoms with Crippen LogP contribution < -0.4 is 10.6 Å². The molecule has 4 atom stereocenters. The number of aromatic nitrogens is 2. The van der Waals surface area contributed by atoms with E-state index < -0.39 is 0 Å². The molecular formula is C25H32N4O2. The fourth-order valence-corrected chi connectivity index (χ4v) is 6.13. The second-order valence-electron chi connectivity index (χ2n) is 9.38. The van der Waals surface area contributed by atoms with Gasteiger partial charge in [0.05, 0.1) is 12.5 Å². The molecule has 1 aromatic carbocycles. The van der Waals surface area contributed by atoms with Crippen molar-refractivity contribution in [3.8, 4) is 0 Å². The maximum Gasteiger partial charge on any atom is 0.272 e. The first-order valence-corrected chi connectivity index (χ1v) is 11.9. The predicted octanol–water partition coefficient (Wildman–Crippen LogP) is 3.09. The molecule has 2 saturated carbocycles. The van der Waals surface area contributed by atoms with Gasteiger partial charge in [-0.15, -0.1) is 0 Å². The van der Waals surface area contributed by atoms with Crippen molar-refractivity contribution in [1.82, 2.24) is 20.4 Å². The van der Waals surface area contributed by atoms with Gasteiger partial charge in [0.25, 0.3) is 5.91 Å². The van der Waals surface area contributed by atoms with Crippen LogP contribution in [-0.4, -0.2) is 34.2 Å².